The fourth-order valence-corrected chi connectivity index (χ4v) is 2.77. The Balaban J connectivity index is 1.84. The van der Waals surface area contributed by atoms with Gasteiger partial charge in [0.15, 0.2) is 0 Å². The van der Waals surface area contributed by atoms with Gasteiger partial charge in [-0.2, -0.15) is 0 Å². The number of carbonyl (C=O) groups excluding carboxylic acids is 1. The number of aromatic nitrogens is 2. The Morgan fingerprint density at radius 2 is 1.74 bits per heavy atom. The van der Waals surface area contributed by atoms with Crippen LogP contribution in [0.25, 0.3) is 11.4 Å². The Morgan fingerprint density at radius 3 is 2.37 bits per heavy atom. The highest BCUT2D eigenvalue weighted by atomic mass is 16.2. The van der Waals surface area contributed by atoms with Gasteiger partial charge in [-0.05, 0) is 31.2 Å². The molecule has 0 saturated heterocycles. The predicted molar refractivity (Wildman–Crippen MR) is 108 cm³/mol. The lowest BCUT2D eigenvalue weighted by atomic mass is 10.2. The van der Waals surface area contributed by atoms with Crippen LogP contribution in [0.4, 0.5) is 11.4 Å². The summed E-state index contributed by atoms with van der Waals surface area (Å²) in [4.78, 5) is 31.4. The first kappa shape index (κ1) is 18.4. The van der Waals surface area contributed by atoms with Gasteiger partial charge >= 0.3 is 0 Å². The number of carbonyl (C=O) groups is 1. The first-order chi connectivity index (χ1) is 12.9. The highest BCUT2D eigenvalue weighted by Crippen LogP contribution is 2.17. The topological polar surface area (TPSA) is 67.2 Å². The maximum absolute atomic E-state index is 12.5. The smallest absolute Gasteiger partial charge is 0.254 e. The number of benzene rings is 2. The number of aryl methyl sites for hydroxylation is 1. The van der Waals surface area contributed by atoms with Crippen molar-refractivity contribution in [2.75, 3.05) is 24.3 Å². The minimum atomic E-state index is -0.280. The van der Waals surface area contributed by atoms with E-state index in [1.54, 1.807) is 6.92 Å². The van der Waals surface area contributed by atoms with Crippen LogP contribution in [0.15, 0.2) is 65.5 Å². The second-order valence-corrected chi connectivity index (χ2v) is 6.50. The van der Waals surface area contributed by atoms with Gasteiger partial charge in [-0.15, -0.1) is 0 Å². The zero-order valence-electron chi connectivity index (χ0n) is 15.6. The molecule has 3 rings (SSSR count). The van der Waals surface area contributed by atoms with Crippen molar-refractivity contribution in [2.24, 2.45) is 0 Å². The molecule has 6 nitrogen and oxygen atoms in total. The summed E-state index contributed by atoms with van der Waals surface area (Å²) < 4.78 is 1.39. The van der Waals surface area contributed by atoms with Crippen LogP contribution >= 0.6 is 0 Å². The van der Waals surface area contributed by atoms with Crippen molar-refractivity contribution in [3.63, 3.8) is 0 Å². The monoisotopic (exact) mass is 362 g/mol. The normalized spacial score (nSPS) is 10.5. The van der Waals surface area contributed by atoms with E-state index < -0.39 is 0 Å². The molecule has 2 aromatic carbocycles. The molecule has 0 atom stereocenters. The molecule has 1 aromatic heterocycles. The Kier molecular flexibility index (Phi) is 5.35. The summed E-state index contributed by atoms with van der Waals surface area (Å²) in [7, 11) is 3.91. The largest absolute Gasteiger partial charge is 0.378 e. The van der Waals surface area contributed by atoms with Gasteiger partial charge in [-0.3, -0.25) is 14.2 Å². The average molecular weight is 362 g/mol. The Hall–Kier alpha value is -3.41. The summed E-state index contributed by atoms with van der Waals surface area (Å²) >= 11 is 0. The molecule has 0 radical (unpaired) electrons. The molecule has 3 aromatic rings. The predicted octanol–water partition coefficient (Wildman–Crippen LogP) is 2.92. The van der Waals surface area contributed by atoms with Crippen LogP contribution in [-0.4, -0.2) is 29.6 Å². The molecular weight excluding hydrogens is 340 g/mol. The van der Waals surface area contributed by atoms with Crippen LogP contribution in [-0.2, 0) is 11.3 Å². The van der Waals surface area contributed by atoms with Gasteiger partial charge in [0.05, 0.1) is 0 Å². The van der Waals surface area contributed by atoms with Crippen LogP contribution in [0.1, 0.15) is 5.69 Å². The molecule has 6 heteroatoms. The van der Waals surface area contributed by atoms with Crippen molar-refractivity contribution in [1.29, 1.82) is 0 Å². The molecule has 1 heterocycles. The van der Waals surface area contributed by atoms with Crippen molar-refractivity contribution < 1.29 is 4.79 Å². The van der Waals surface area contributed by atoms with Crippen LogP contribution in [0, 0.1) is 6.92 Å². The molecule has 0 bridgehead atoms. The number of anilines is 2. The second-order valence-electron chi connectivity index (χ2n) is 6.50. The van der Waals surface area contributed by atoms with Gasteiger partial charge in [-0.1, -0.05) is 30.3 Å². The van der Waals surface area contributed by atoms with Gasteiger partial charge < -0.3 is 10.2 Å². The lowest BCUT2D eigenvalue weighted by Gasteiger charge is -2.14. The van der Waals surface area contributed by atoms with Crippen molar-refractivity contribution in [3.05, 3.63) is 76.7 Å². The number of nitrogens with zero attached hydrogens (tertiary/aromatic N) is 3. The van der Waals surface area contributed by atoms with E-state index in [-0.39, 0.29) is 18.0 Å². The molecule has 0 fully saturated rings. The Labute approximate surface area is 158 Å². The quantitative estimate of drug-likeness (QED) is 0.758. The second kappa shape index (κ2) is 7.86. The number of hydrogen-bond donors (Lipinski definition) is 1. The molecule has 0 aliphatic heterocycles. The lowest BCUT2D eigenvalue weighted by molar-refractivity contribution is -0.116. The molecule has 138 valence electrons. The number of hydrogen-bond acceptors (Lipinski definition) is 4. The van der Waals surface area contributed by atoms with E-state index in [1.807, 2.05) is 73.6 Å². The number of rotatable bonds is 5. The summed E-state index contributed by atoms with van der Waals surface area (Å²) in [6.45, 7) is 1.66. The van der Waals surface area contributed by atoms with E-state index in [0.29, 0.717) is 17.2 Å². The van der Waals surface area contributed by atoms with Crippen LogP contribution in [0.3, 0.4) is 0 Å². The molecule has 0 saturated carbocycles. The first-order valence-electron chi connectivity index (χ1n) is 8.65. The third-order valence-electron chi connectivity index (χ3n) is 4.14. The van der Waals surface area contributed by atoms with E-state index >= 15 is 0 Å². The van der Waals surface area contributed by atoms with Crippen LogP contribution < -0.4 is 15.8 Å². The first-order valence-corrected chi connectivity index (χ1v) is 8.65. The van der Waals surface area contributed by atoms with Crippen LogP contribution in [0.2, 0.25) is 0 Å². The summed E-state index contributed by atoms with van der Waals surface area (Å²) in [5.74, 6) is 0.205. The van der Waals surface area contributed by atoms with Gasteiger partial charge in [0.25, 0.3) is 5.56 Å². The van der Waals surface area contributed by atoms with Crippen molar-refractivity contribution in [1.82, 2.24) is 9.55 Å². The molecule has 1 amide bonds. The van der Waals surface area contributed by atoms with Crippen molar-refractivity contribution in [2.45, 2.75) is 13.5 Å². The highest BCUT2D eigenvalue weighted by Gasteiger charge is 2.13. The minimum absolute atomic E-state index is 0.105. The fraction of sp³-hybridized carbons (Fsp3) is 0.190. The van der Waals surface area contributed by atoms with E-state index in [0.717, 1.165) is 11.3 Å². The third kappa shape index (κ3) is 4.41. The van der Waals surface area contributed by atoms with Crippen molar-refractivity contribution >= 4 is 17.3 Å². The zero-order chi connectivity index (χ0) is 19.4. The van der Waals surface area contributed by atoms with Gasteiger partial charge in [0.2, 0.25) is 5.91 Å². The fourth-order valence-electron chi connectivity index (χ4n) is 2.77. The molecule has 0 spiro atoms. The standard InChI is InChI=1S/C21H22N4O2/c1-15-13-20(27)25(21(22-15)16-7-5-4-6-8-16)14-19(26)23-17-9-11-18(12-10-17)24(2)3/h4-13H,14H2,1-3H3,(H,23,26). The Morgan fingerprint density at radius 1 is 1.07 bits per heavy atom. The number of nitrogens with one attached hydrogen (secondary N) is 1. The van der Waals surface area contributed by atoms with Crippen LogP contribution in [0.5, 0.6) is 0 Å². The molecule has 0 unspecified atom stereocenters. The molecule has 1 N–H and O–H groups in total. The minimum Gasteiger partial charge on any atom is -0.378 e. The van der Waals surface area contributed by atoms with Gasteiger partial charge in [-0.25, -0.2) is 4.98 Å². The summed E-state index contributed by atoms with van der Waals surface area (Å²) in [6.07, 6.45) is 0. The Bertz CT molecular complexity index is 993. The van der Waals surface area contributed by atoms with E-state index in [2.05, 4.69) is 10.3 Å². The van der Waals surface area contributed by atoms with E-state index in [1.165, 1.54) is 10.6 Å². The maximum Gasteiger partial charge on any atom is 0.254 e. The lowest BCUT2D eigenvalue weighted by Crippen LogP contribution is -2.29. The van der Waals surface area contributed by atoms with E-state index in [9.17, 15) is 9.59 Å². The molecule has 0 aliphatic carbocycles. The summed E-state index contributed by atoms with van der Waals surface area (Å²) in [5.41, 5.74) is 2.88. The molecule has 27 heavy (non-hydrogen) atoms. The van der Waals surface area contributed by atoms with Crippen molar-refractivity contribution in [3.8, 4) is 11.4 Å². The molecular formula is C21H22N4O2. The highest BCUT2D eigenvalue weighted by molar-refractivity contribution is 5.91. The number of amides is 1. The summed E-state index contributed by atoms with van der Waals surface area (Å²) in [5, 5.41) is 2.83. The molecule has 0 aliphatic rings. The maximum atomic E-state index is 12.5. The zero-order valence-corrected chi connectivity index (χ0v) is 15.6. The summed E-state index contributed by atoms with van der Waals surface area (Å²) in [6, 6.07) is 18.3. The van der Waals surface area contributed by atoms with Gasteiger partial charge in [0.1, 0.15) is 12.4 Å². The average Bonchev–Trinajstić information content (AvgIpc) is 2.65. The van der Waals surface area contributed by atoms with E-state index in [4.69, 9.17) is 0 Å². The van der Waals surface area contributed by atoms with Gasteiger partial charge in [0, 0.05) is 42.8 Å². The third-order valence-corrected chi connectivity index (χ3v) is 4.14. The SMILES string of the molecule is Cc1cc(=O)n(CC(=O)Nc2ccc(N(C)C)cc2)c(-c2ccccc2)n1.